The summed E-state index contributed by atoms with van der Waals surface area (Å²) in [5.41, 5.74) is -0.817. The predicted molar refractivity (Wildman–Crippen MR) is 60.1 cm³/mol. The minimum absolute atomic E-state index is 0.249. The smallest absolute Gasteiger partial charge is 0.508 e. The number of phenolic OH excluding ortho intramolecular Hbond substituents is 1. The molecule has 112 valence electrons. The summed E-state index contributed by atoms with van der Waals surface area (Å²) < 4.78 is 79.4. The Morgan fingerprint density at radius 3 is 2.05 bits per heavy atom. The van der Waals surface area contributed by atoms with Crippen molar-refractivity contribution >= 4 is 0 Å². The summed E-state index contributed by atoms with van der Waals surface area (Å²) in [6.45, 7) is 0. The van der Waals surface area contributed by atoms with Crippen LogP contribution in [-0.2, 0) is 0 Å². The van der Waals surface area contributed by atoms with Crippen molar-refractivity contribution in [3.8, 4) is 22.6 Å². The Hall–Kier alpha value is -2.38. The van der Waals surface area contributed by atoms with Gasteiger partial charge in [-0.15, -0.1) is 13.2 Å². The van der Waals surface area contributed by atoms with Gasteiger partial charge < -0.3 is 9.84 Å². The molecule has 8 heteroatoms. The monoisotopic (exact) mass is 308 g/mol. The lowest BCUT2D eigenvalue weighted by molar-refractivity contribution is -0.274. The van der Waals surface area contributed by atoms with Gasteiger partial charge in [0.15, 0.2) is 11.6 Å². The van der Waals surface area contributed by atoms with E-state index in [-0.39, 0.29) is 11.6 Å². The SMILES string of the molecule is Oc1cc(OC(F)(F)F)cc(-c2cc(F)c(F)cc2F)c1. The Labute approximate surface area is 114 Å². The molecule has 0 heterocycles. The summed E-state index contributed by atoms with van der Waals surface area (Å²) in [5, 5.41) is 9.33. The normalized spacial score (nSPS) is 11.5. The number of phenols is 1. The molecule has 0 saturated carbocycles. The molecule has 21 heavy (non-hydrogen) atoms. The molecule has 0 amide bonds. The molecular formula is C13H6F6O2. The zero-order valence-electron chi connectivity index (χ0n) is 10.0. The molecular weight excluding hydrogens is 302 g/mol. The number of ether oxygens (including phenoxy) is 1. The van der Waals surface area contributed by atoms with Crippen LogP contribution in [0.1, 0.15) is 0 Å². The second-order valence-corrected chi connectivity index (χ2v) is 4.01. The average molecular weight is 308 g/mol. The van der Waals surface area contributed by atoms with Crippen molar-refractivity contribution in [3.63, 3.8) is 0 Å². The van der Waals surface area contributed by atoms with Crippen LogP contribution in [0.25, 0.3) is 11.1 Å². The first kappa shape index (κ1) is 15.0. The van der Waals surface area contributed by atoms with E-state index in [1.54, 1.807) is 0 Å². The Morgan fingerprint density at radius 1 is 0.810 bits per heavy atom. The Kier molecular flexibility index (Phi) is 3.71. The average Bonchev–Trinajstić information content (AvgIpc) is 2.30. The summed E-state index contributed by atoms with van der Waals surface area (Å²) in [5.74, 6) is -5.49. The van der Waals surface area contributed by atoms with Gasteiger partial charge in [-0.05, 0) is 23.8 Å². The van der Waals surface area contributed by atoms with Crippen LogP contribution in [0, 0.1) is 17.5 Å². The van der Waals surface area contributed by atoms with Gasteiger partial charge in [-0.25, -0.2) is 13.2 Å². The number of halogens is 6. The summed E-state index contributed by atoms with van der Waals surface area (Å²) >= 11 is 0. The Bertz CT molecular complexity index is 681. The van der Waals surface area contributed by atoms with E-state index in [1.807, 2.05) is 0 Å². The van der Waals surface area contributed by atoms with Crippen molar-refractivity contribution in [1.29, 1.82) is 0 Å². The zero-order valence-corrected chi connectivity index (χ0v) is 10.0. The van der Waals surface area contributed by atoms with Crippen molar-refractivity contribution in [2.45, 2.75) is 6.36 Å². The molecule has 1 N–H and O–H groups in total. The van der Waals surface area contributed by atoms with E-state index in [9.17, 15) is 31.4 Å². The second-order valence-electron chi connectivity index (χ2n) is 4.01. The maximum absolute atomic E-state index is 13.6. The molecule has 0 bridgehead atoms. The van der Waals surface area contributed by atoms with Gasteiger partial charge in [-0.2, -0.15) is 0 Å². The van der Waals surface area contributed by atoms with Gasteiger partial charge in [0.25, 0.3) is 0 Å². The minimum Gasteiger partial charge on any atom is -0.508 e. The summed E-state index contributed by atoms with van der Waals surface area (Å²) in [6.07, 6.45) is -5.02. The minimum atomic E-state index is -5.02. The van der Waals surface area contributed by atoms with E-state index in [0.717, 1.165) is 12.1 Å². The first-order valence-corrected chi connectivity index (χ1v) is 5.40. The first-order chi connectivity index (χ1) is 9.65. The maximum atomic E-state index is 13.6. The molecule has 0 aliphatic carbocycles. The fraction of sp³-hybridized carbons (Fsp3) is 0.0769. The highest BCUT2D eigenvalue weighted by molar-refractivity contribution is 5.67. The van der Waals surface area contributed by atoms with E-state index in [4.69, 9.17) is 0 Å². The van der Waals surface area contributed by atoms with Crippen molar-refractivity contribution in [2.75, 3.05) is 0 Å². The highest BCUT2D eigenvalue weighted by Crippen LogP contribution is 2.34. The highest BCUT2D eigenvalue weighted by Gasteiger charge is 2.31. The molecule has 0 spiro atoms. The standard InChI is InChI=1S/C13H6F6O2/c14-10-5-12(16)11(15)4-9(10)6-1-7(20)3-8(2-6)21-13(17,18)19/h1-5,20H. The largest absolute Gasteiger partial charge is 0.573 e. The van der Waals surface area contributed by atoms with Crippen molar-refractivity contribution in [3.05, 3.63) is 47.8 Å². The molecule has 2 aromatic carbocycles. The van der Waals surface area contributed by atoms with E-state index >= 15 is 0 Å². The third kappa shape index (κ3) is 3.59. The number of benzene rings is 2. The highest BCUT2D eigenvalue weighted by atomic mass is 19.4. The molecule has 0 saturated heterocycles. The third-order valence-corrected chi connectivity index (χ3v) is 2.45. The number of hydrogen-bond acceptors (Lipinski definition) is 2. The van der Waals surface area contributed by atoms with Gasteiger partial charge in [-0.3, -0.25) is 0 Å². The molecule has 0 aromatic heterocycles. The second kappa shape index (κ2) is 5.19. The van der Waals surface area contributed by atoms with Crippen molar-refractivity contribution in [1.82, 2.24) is 0 Å². The zero-order chi connectivity index (χ0) is 15.8. The molecule has 0 fully saturated rings. The van der Waals surface area contributed by atoms with Crippen LogP contribution in [0.2, 0.25) is 0 Å². The van der Waals surface area contributed by atoms with E-state index < -0.39 is 40.9 Å². The van der Waals surface area contributed by atoms with Crippen LogP contribution in [0.3, 0.4) is 0 Å². The van der Waals surface area contributed by atoms with Gasteiger partial charge in [0.1, 0.15) is 17.3 Å². The van der Waals surface area contributed by atoms with Crippen LogP contribution >= 0.6 is 0 Å². The van der Waals surface area contributed by atoms with Crippen molar-refractivity contribution in [2.24, 2.45) is 0 Å². The number of alkyl halides is 3. The number of aromatic hydroxyl groups is 1. The fourth-order valence-electron chi connectivity index (χ4n) is 1.68. The van der Waals surface area contributed by atoms with Crippen molar-refractivity contribution < 1.29 is 36.2 Å². The lowest BCUT2D eigenvalue weighted by atomic mass is 10.0. The first-order valence-electron chi connectivity index (χ1n) is 5.40. The van der Waals surface area contributed by atoms with Crippen LogP contribution in [0.5, 0.6) is 11.5 Å². The van der Waals surface area contributed by atoms with Gasteiger partial charge in [0, 0.05) is 17.7 Å². The maximum Gasteiger partial charge on any atom is 0.573 e. The summed E-state index contributed by atoms with van der Waals surface area (Å²) in [4.78, 5) is 0. The van der Waals surface area contributed by atoms with E-state index in [0.29, 0.717) is 12.1 Å². The lowest BCUT2D eigenvalue weighted by Crippen LogP contribution is -2.17. The molecule has 0 atom stereocenters. The molecule has 0 unspecified atom stereocenters. The molecule has 0 radical (unpaired) electrons. The van der Waals surface area contributed by atoms with Crippen LogP contribution < -0.4 is 4.74 Å². The van der Waals surface area contributed by atoms with Crippen LogP contribution in [0.4, 0.5) is 26.3 Å². The van der Waals surface area contributed by atoms with Gasteiger partial charge in [0.2, 0.25) is 0 Å². The molecule has 2 nitrogen and oxygen atoms in total. The molecule has 0 aliphatic rings. The van der Waals surface area contributed by atoms with Crippen LogP contribution in [-0.4, -0.2) is 11.5 Å². The quantitative estimate of drug-likeness (QED) is 0.659. The molecule has 0 aliphatic heterocycles. The third-order valence-electron chi connectivity index (χ3n) is 2.45. The van der Waals surface area contributed by atoms with Gasteiger partial charge in [-0.1, -0.05) is 0 Å². The topological polar surface area (TPSA) is 29.5 Å². The van der Waals surface area contributed by atoms with E-state index in [2.05, 4.69) is 4.74 Å². The number of hydrogen-bond donors (Lipinski definition) is 1. The predicted octanol–water partition coefficient (Wildman–Crippen LogP) is 4.38. The Balaban J connectivity index is 2.52. The van der Waals surface area contributed by atoms with E-state index in [1.165, 1.54) is 0 Å². The summed E-state index contributed by atoms with van der Waals surface area (Å²) in [6, 6.07) is 2.99. The molecule has 2 aromatic rings. The Morgan fingerprint density at radius 2 is 1.43 bits per heavy atom. The fourth-order valence-corrected chi connectivity index (χ4v) is 1.68. The molecule has 2 rings (SSSR count). The van der Waals surface area contributed by atoms with Gasteiger partial charge in [0.05, 0.1) is 0 Å². The summed E-state index contributed by atoms with van der Waals surface area (Å²) in [7, 11) is 0. The lowest BCUT2D eigenvalue weighted by Gasteiger charge is -2.11. The van der Waals surface area contributed by atoms with Gasteiger partial charge >= 0.3 is 6.36 Å². The number of rotatable bonds is 2. The van der Waals surface area contributed by atoms with Crippen LogP contribution in [0.15, 0.2) is 30.3 Å².